The molecule has 1 amide bonds. The molecule has 3 aromatic rings. The predicted octanol–water partition coefficient (Wildman–Crippen LogP) is 4.42. The van der Waals surface area contributed by atoms with Gasteiger partial charge in [-0.15, -0.1) is 0 Å². The van der Waals surface area contributed by atoms with E-state index in [2.05, 4.69) is 25.8 Å². The molecule has 1 aromatic carbocycles. The van der Waals surface area contributed by atoms with Gasteiger partial charge in [-0.25, -0.2) is 4.98 Å². The zero-order valence-electron chi connectivity index (χ0n) is 16.4. The van der Waals surface area contributed by atoms with E-state index < -0.39 is 0 Å². The van der Waals surface area contributed by atoms with Crippen molar-refractivity contribution in [1.29, 1.82) is 0 Å². The molecular formula is C22H27N3O2. The van der Waals surface area contributed by atoms with Gasteiger partial charge >= 0.3 is 0 Å². The number of hydrogen-bond acceptors (Lipinski definition) is 3. The third-order valence-electron chi connectivity index (χ3n) is 4.68. The van der Waals surface area contributed by atoms with E-state index in [9.17, 15) is 4.79 Å². The molecule has 3 rings (SSSR count). The van der Waals surface area contributed by atoms with Crippen molar-refractivity contribution in [2.75, 3.05) is 7.05 Å². The van der Waals surface area contributed by atoms with Gasteiger partial charge in [0, 0.05) is 31.0 Å². The Bertz CT molecular complexity index is 884. The monoisotopic (exact) mass is 365 g/mol. The first-order chi connectivity index (χ1) is 12.9. The number of benzene rings is 1. The van der Waals surface area contributed by atoms with E-state index in [1.165, 1.54) is 0 Å². The third-order valence-corrected chi connectivity index (χ3v) is 4.68. The Kier molecular flexibility index (Phi) is 5.79. The Morgan fingerprint density at radius 1 is 1.19 bits per heavy atom. The average molecular weight is 365 g/mol. The number of imidazole rings is 1. The summed E-state index contributed by atoms with van der Waals surface area (Å²) in [6.45, 7) is 6.78. The van der Waals surface area contributed by atoms with Crippen molar-refractivity contribution in [1.82, 2.24) is 14.3 Å². The van der Waals surface area contributed by atoms with E-state index in [0.29, 0.717) is 23.8 Å². The van der Waals surface area contributed by atoms with Crippen LogP contribution in [0, 0.1) is 5.92 Å². The van der Waals surface area contributed by atoms with Gasteiger partial charge in [-0.05, 0) is 49.6 Å². The Hall–Kier alpha value is -2.82. The second kappa shape index (κ2) is 8.25. The molecule has 0 fully saturated rings. The predicted molar refractivity (Wildman–Crippen MR) is 107 cm³/mol. The normalized spacial score (nSPS) is 12.3. The largest absolute Gasteiger partial charge is 0.487 e. The number of hydrogen-bond donors (Lipinski definition) is 0. The molecule has 0 aliphatic carbocycles. The van der Waals surface area contributed by atoms with Crippen LogP contribution in [0.1, 0.15) is 43.2 Å². The van der Waals surface area contributed by atoms with Gasteiger partial charge in [-0.3, -0.25) is 4.79 Å². The number of carbonyl (C=O) groups excluding carboxylic acids is 1. The number of aromatic nitrogens is 2. The number of nitrogens with zero attached hydrogens (tertiary/aromatic N) is 3. The van der Waals surface area contributed by atoms with Gasteiger partial charge in [0.15, 0.2) is 0 Å². The van der Waals surface area contributed by atoms with Crippen molar-refractivity contribution in [2.45, 2.75) is 39.8 Å². The molecule has 5 nitrogen and oxygen atoms in total. The topological polar surface area (TPSA) is 46.8 Å². The number of amides is 1. The van der Waals surface area contributed by atoms with Crippen molar-refractivity contribution >= 4 is 11.6 Å². The second-order valence-corrected chi connectivity index (χ2v) is 7.41. The van der Waals surface area contributed by atoms with Gasteiger partial charge in [0.05, 0.1) is 5.69 Å². The first-order valence-electron chi connectivity index (χ1n) is 9.36. The molecule has 5 heteroatoms. The molecule has 0 saturated heterocycles. The summed E-state index contributed by atoms with van der Waals surface area (Å²) in [5.41, 5.74) is 2.38. The van der Waals surface area contributed by atoms with Gasteiger partial charge in [0.1, 0.15) is 18.0 Å². The highest BCUT2D eigenvalue weighted by Gasteiger charge is 2.18. The molecule has 2 heterocycles. The first kappa shape index (κ1) is 19.0. The van der Waals surface area contributed by atoms with Crippen LogP contribution >= 0.6 is 0 Å². The molecular weight excluding hydrogens is 338 g/mol. The molecule has 0 aliphatic heterocycles. The Balaban J connectivity index is 1.66. The second-order valence-electron chi connectivity index (χ2n) is 7.41. The number of carbonyl (C=O) groups is 1. The van der Waals surface area contributed by atoms with Gasteiger partial charge in [0.25, 0.3) is 5.91 Å². The van der Waals surface area contributed by atoms with Gasteiger partial charge in [-0.1, -0.05) is 26.0 Å². The molecule has 0 bridgehead atoms. The Labute approximate surface area is 160 Å². The zero-order valence-corrected chi connectivity index (χ0v) is 16.4. The van der Waals surface area contributed by atoms with Crippen LogP contribution in [0.4, 0.5) is 0 Å². The molecule has 0 N–H and O–H groups in total. The first-order valence-corrected chi connectivity index (χ1v) is 9.36. The number of rotatable bonds is 7. The summed E-state index contributed by atoms with van der Waals surface area (Å²) in [5, 5.41) is 0. The Morgan fingerprint density at radius 2 is 2.00 bits per heavy atom. The lowest BCUT2D eigenvalue weighted by atomic mass is 10.0. The molecule has 0 aliphatic rings. The molecule has 0 spiro atoms. The minimum absolute atomic E-state index is 0.0151. The van der Waals surface area contributed by atoms with Crippen LogP contribution in [0.5, 0.6) is 5.75 Å². The van der Waals surface area contributed by atoms with Crippen molar-refractivity contribution in [3.8, 4) is 5.75 Å². The molecule has 2 aromatic heterocycles. The molecule has 27 heavy (non-hydrogen) atoms. The maximum absolute atomic E-state index is 12.8. The maximum atomic E-state index is 12.8. The summed E-state index contributed by atoms with van der Waals surface area (Å²) in [7, 11) is 1.86. The van der Waals surface area contributed by atoms with Gasteiger partial charge < -0.3 is 14.0 Å². The summed E-state index contributed by atoms with van der Waals surface area (Å²) >= 11 is 0. The summed E-state index contributed by atoms with van der Waals surface area (Å²) in [6, 6.07) is 13.4. The highest BCUT2D eigenvalue weighted by molar-refractivity contribution is 5.94. The van der Waals surface area contributed by atoms with E-state index >= 15 is 0 Å². The molecule has 0 saturated carbocycles. The fourth-order valence-corrected chi connectivity index (χ4v) is 3.18. The van der Waals surface area contributed by atoms with E-state index in [4.69, 9.17) is 4.74 Å². The van der Waals surface area contributed by atoms with Crippen LogP contribution < -0.4 is 4.74 Å². The minimum atomic E-state index is 0.0151. The van der Waals surface area contributed by atoms with Crippen LogP contribution in [-0.2, 0) is 6.61 Å². The number of ether oxygens (including phenoxy) is 1. The van der Waals surface area contributed by atoms with Crippen LogP contribution in [0.25, 0.3) is 5.65 Å². The standard InChI is InChI=1S/C22H27N3O2/c1-16(2)12-17(3)24(4)22(26)18-8-7-9-20(13-18)27-15-19-14-25-11-6-5-10-21(25)23-19/h5-11,13-14,16-17H,12,15H2,1-4H3/t17-/m1/s1. The zero-order chi connectivity index (χ0) is 19.4. The Morgan fingerprint density at radius 3 is 2.74 bits per heavy atom. The summed E-state index contributed by atoms with van der Waals surface area (Å²) in [4.78, 5) is 19.1. The third kappa shape index (κ3) is 4.67. The van der Waals surface area contributed by atoms with Crippen molar-refractivity contribution < 1.29 is 9.53 Å². The smallest absolute Gasteiger partial charge is 0.253 e. The summed E-state index contributed by atoms with van der Waals surface area (Å²) < 4.78 is 7.83. The average Bonchev–Trinajstić information content (AvgIpc) is 3.08. The van der Waals surface area contributed by atoms with E-state index in [1.54, 1.807) is 11.0 Å². The SMILES string of the molecule is CC(C)C[C@@H](C)N(C)C(=O)c1cccc(OCc2cn3ccccc3n2)c1. The lowest BCUT2D eigenvalue weighted by molar-refractivity contribution is 0.0727. The quantitative estimate of drug-likeness (QED) is 0.623. The van der Waals surface area contributed by atoms with Crippen molar-refractivity contribution in [3.05, 3.63) is 66.1 Å². The van der Waals surface area contributed by atoms with Crippen molar-refractivity contribution in [2.24, 2.45) is 5.92 Å². The van der Waals surface area contributed by atoms with Crippen LogP contribution in [0.15, 0.2) is 54.9 Å². The maximum Gasteiger partial charge on any atom is 0.253 e. The minimum Gasteiger partial charge on any atom is -0.487 e. The van der Waals surface area contributed by atoms with Gasteiger partial charge in [-0.2, -0.15) is 0 Å². The van der Waals surface area contributed by atoms with Crippen LogP contribution in [-0.4, -0.2) is 33.3 Å². The lowest BCUT2D eigenvalue weighted by Crippen LogP contribution is -2.35. The molecule has 142 valence electrons. The summed E-state index contributed by atoms with van der Waals surface area (Å²) in [5.74, 6) is 1.24. The molecule has 0 radical (unpaired) electrons. The number of fused-ring (bicyclic) bond motifs is 1. The van der Waals surface area contributed by atoms with E-state index in [1.807, 2.05) is 60.2 Å². The lowest BCUT2D eigenvalue weighted by Gasteiger charge is -2.26. The highest BCUT2D eigenvalue weighted by Crippen LogP contribution is 2.18. The van der Waals surface area contributed by atoms with Crippen LogP contribution in [0.3, 0.4) is 0 Å². The van der Waals surface area contributed by atoms with E-state index in [0.717, 1.165) is 17.8 Å². The number of pyridine rings is 1. The highest BCUT2D eigenvalue weighted by atomic mass is 16.5. The van der Waals surface area contributed by atoms with Crippen LogP contribution in [0.2, 0.25) is 0 Å². The molecule has 0 unspecified atom stereocenters. The van der Waals surface area contributed by atoms with E-state index in [-0.39, 0.29) is 11.9 Å². The fourth-order valence-electron chi connectivity index (χ4n) is 3.18. The fraction of sp³-hybridized carbons (Fsp3) is 0.364. The van der Waals surface area contributed by atoms with Gasteiger partial charge in [0.2, 0.25) is 0 Å². The summed E-state index contributed by atoms with van der Waals surface area (Å²) in [6.07, 6.45) is 4.89. The molecule has 1 atom stereocenters. The van der Waals surface area contributed by atoms with Crippen molar-refractivity contribution in [3.63, 3.8) is 0 Å².